The summed E-state index contributed by atoms with van der Waals surface area (Å²) in [5, 5.41) is 5.60. The third-order valence-electron chi connectivity index (χ3n) is 7.63. The van der Waals surface area contributed by atoms with Gasteiger partial charge in [0.2, 0.25) is 5.88 Å². The number of hydrogen-bond donors (Lipinski definition) is 0. The second-order valence-corrected chi connectivity index (χ2v) is 11.0. The van der Waals surface area contributed by atoms with Crippen molar-refractivity contribution in [1.82, 2.24) is 39.3 Å². The number of furan rings is 1. The van der Waals surface area contributed by atoms with E-state index in [1.54, 1.807) is 42.6 Å². The molecular formula is C31H27F3N8O2. The van der Waals surface area contributed by atoms with Gasteiger partial charge in [-0.05, 0) is 38.3 Å². The highest BCUT2D eigenvalue weighted by molar-refractivity contribution is 5.91. The molecule has 0 unspecified atom stereocenters. The lowest BCUT2D eigenvalue weighted by molar-refractivity contribution is -0.140. The molecule has 1 aliphatic carbocycles. The Labute approximate surface area is 249 Å². The number of aromatic nitrogens is 8. The first-order valence-electron chi connectivity index (χ1n) is 14.1. The van der Waals surface area contributed by atoms with Crippen LogP contribution in [0.4, 0.5) is 13.2 Å². The average molecular weight is 601 g/mol. The fourth-order valence-corrected chi connectivity index (χ4v) is 5.28. The minimum atomic E-state index is -4.53. The molecule has 10 nitrogen and oxygen atoms in total. The van der Waals surface area contributed by atoms with Gasteiger partial charge in [0.1, 0.15) is 23.4 Å². The van der Waals surface area contributed by atoms with Crippen LogP contribution >= 0.6 is 0 Å². The standard InChI is InChI=1S/C31H27F3N8O2/c1-17(2)41-14-23(31(32,33)34)38-28(41)20-6-4-18(5-7-20)13-42-29-22(25(40-42)21-10-11-44-15-21)12-35-27(39-29)24-26(19-8-9-19)36-16-37-30(24)43-3/h4-7,10-12,14-17,19H,8-9,13H2,1-3H3. The molecule has 224 valence electrons. The van der Waals surface area contributed by atoms with Gasteiger partial charge < -0.3 is 13.7 Å². The molecule has 5 aromatic heterocycles. The van der Waals surface area contributed by atoms with Gasteiger partial charge in [-0.1, -0.05) is 24.3 Å². The minimum absolute atomic E-state index is 0.201. The summed E-state index contributed by atoms with van der Waals surface area (Å²) in [6.07, 6.45) is 5.01. The van der Waals surface area contributed by atoms with Crippen molar-refractivity contribution in [2.24, 2.45) is 0 Å². The van der Waals surface area contributed by atoms with Crippen LogP contribution in [-0.4, -0.2) is 46.4 Å². The highest BCUT2D eigenvalue weighted by Gasteiger charge is 2.35. The van der Waals surface area contributed by atoms with Crippen LogP contribution in [0, 0.1) is 0 Å². The number of nitrogens with zero attached hydrogens (tertiary/aromatic N) is 8. The predicted octanol–water partition coefficient (Wildman–Crippen LogP) is 6.94. The van der Waals surface area contributed by atoms with Crippen molar-refractivity contribution in [3.63, 3.8) is 0 Å². The van der Waals surface area contributed by atoms with Gasteiger partial charge in [-0.2, -0.15) is 18.3 Å². The van der Waals surface area contributed by atoms with Gasteiger partial charge in [-0.25, -0.2) is 29.6 Å². The maximum atomic E-state index is 13.4. The van der Waals surface area contributed by atoms with Crippen molar-refractivity contribution < 1.29 is 22.3 Å². The molecule has 44 heavy (non-hydrogen) atoms. The molecular weight excluding hydrogens is 573 g/mol. The van der Waals surface area contributed by atoms with Crippen LogP contribution in [0.2, 0.25) is 0 Å². The summed E-state index contributed by atoms with van der Waals surface area (Å²) in [7, 11) is 1.56. The van der Waals surface area contributed by atoms with E-state index in [9.17, 15) is 13.2 Å². The van der Waals surface area contributed by atoms with Crippen molar-refractivity contribution in [3.05, 3.63) is 78.5 Å². The number of ether oxygens (including phenoxy) is 1. The zero-order chi connectivity index (χ0) is 30.6. The Balaban J connectivity index is 1.29. The van der Waals surface area contributed by atoms with Crippen LogP contribution in [0.15, 0.2) is 66.0 Å². The fourth-order valence-electron chi connectivity index (χ4n) is 5.28. The Morgan fingerprint density at radius 2 is 1.82 bits per heavy atom. The van der Waals surface area contributed by atoms with Crippen molar-refractivity contribution >= 4 is 11.0 Å². The first kappa shape index (κ1) is 27.7. The van der Waals surface area contributed by atoms with Gasteiger partial charge in [-0.3, -0.25) is 0 Å². The molecule has 13 heteroatoms. The maximum absolute atomic E-state index is 13.4. The summed E-state index contributed by atoms with van der Waals surface area (Å²) in [6, 6.07) is 8.87. The van der Waals surface area contributed by atoms with Gasteiger partial charge in [-0.15, -0.1) is 0 Å². The Kier molecular flexibility index (Phi) is 6.67. The van der Waals surface area contributed by atoms with E-state index in [-0.39, 0.29) is 11.9 Å². The fraction of sp³-hybridized carbons (Fsp3) is 0.290. The van der Waals surface area contributed by atoms with Crippen LogP contribution in [-0.2, 0) is 12.7 Å². The second-order valence-electron chi connectivity index (χ2n) is 11.0. The zero-order valence-electron chi connectivity index (χ0n) is 24.1. The number of benzene rings is 1. The molecule has 1 aromatic carbocycles. The van der Waals surface area contributed by atoms with E-state index in [1.165, 1.54) is 10.9 Å². The topological polar surface area (TPSA) is 110 Å². The minimum Gasteiger partial charge on any atom is -0.480 e. The molecule has 0 bridgehead atoms. The number of rotatable bonds is 8. The number of imidazole rings is 1. The summed E-state index contributed by atoms with van der Waals surface area (Å²) in [4.78, 5) is 22.4. The van der Waals surface area contributed by atoms with E-state index in [4.69, 9.17) is 19.2 Å². The zero-order valence-corrected chi connectivity index (χ0v) is 24.1. The highest BCUT2D eigenvalue weighted by atomic mass is 19.4. The summed E-state index contributed by atoms with van der Waals surface area (Å²) < 4.78 is 54.5. The molecule has 0 atom stereocenters. The molecule has 0 amide bonds. The van der Waals surface area contributed by atoms with Gasteiger partial charge >= 0.3 is 6.18 Å². The summed E-state index contributed by atoms with van der Waals surface area (Å²) in [5.74, 6) is 1.41. The van der Waals surface area contributed by atoms with Gasteiger partial charge in [0.25, 0.3) is 0 Å². The second kappa shape index (κ2) is 10.6. The number of alkyl halides is 3. The molecule has 1 saturated carbocycles. The van der Waals surface area contributed by atoms with Crippen LogP contribution in [0.25, 0.3) is 45.1 Å². The first-order chi connectivity index (χ1) is 21.2. The number of fused-ring (bicyclic) bond motifs is 1. The lowest BCUT2D eigenvalue weighted by Crippen LogP contribution is -2.06. The van der Waals surface area contributed by atoms with Crippen LogP contribution in [0.3, 0.4) is 0 Å². The molecule has 1 aliphatic rings. The molecule has 0 aliphatic heterocycles. The monoisotopic (exact) mass is 600 g/mol. The maximum Gasteiger partial charge on any atom is 0.434 e. The van der Waals surface area contributed by atoms with Crippen molar-refractivity contribution in [2.45, 2.75) is 51.4 Å². The van der Waals surface area contributed by atoms with Crippen LogP contribution < -0.4 is 4.74 Å². The van der Waals surface area contributed by atoms with Crippen molar-refractivity contribution in [3.8, 4) is 39.9 Å². The smallest absolute Gasteiger partial charge is 0.434 e. The summed E-state index contributed by atoms with van der Waals surface area (Å²) >= 11 is 0. The van der Waals surface area contributed by atoms with Gasteiger partial charge in [0.15, 0.2) is 17.2 Å². The molecule has 0 N–H and O–H groups in total. The average Bonchev–Trinajstić information content (AvgIpc) is 3.38. The Morgan fingerprint density at radius 3 is 2.48 bits per heavy atom. The summed E-state index contributed by atoms with van der Waals surface area (Å²) in [6.45, 7) is 3.98. The van der Waals surface area contributed by atoms with Crippen molar-refractivity contribution in [1.29, 1.82) is 0 Å². The summed E-state index contributed by atoms with van der Waals surface area (Å²) in [5.41, 5.74) is 4.09. The van der Waals surface area contributed by atoms with E-state index >= 15 is 0 Å². The Bertz CT molecular complexity index is 1960. The molecule has 0 radical (unpaired) electrons. The third-order valence-corrected chi connectivity index (χ3v) is 7.63. The number of hydrogen-bond acceptors (Lipinski definition) is 8. The molecule has 6 aromatic rings. The van der Waals surface area contributed by atoms with E-state index in [0.717, 1.165) is 41.2 Å². The number of methoxy groups -OCH3 is 1. The molecule has 1 fully saturated rings. The normalized spacial score (nSPS) is 13.7. The SMILES string of the molecule is COc1ncnc(C2CC2)c1-c1ncc2c(-c3ccoc3)nn(Cc3ccc(-c4nc(C(F)(F)F)cn4C(C)C)cc3)c2n1. The number of halogens is 3. The van der Waals surface area contributed by atoms with E-state index in [0.29, 0.717) is 46.6 Å². The van der Waals surface area contributed by atoms with E-state index in [2.05, 4.69) is 19.9 Å². The Morgan fingerprint density at radius 1 is 1.02 bits per heavy atom. The third kappa shape index (κ3) is 4.97. The van der Waals surface area contributed by atoms with Crippen molar-refractivity contribution in [2.75, 3.05) is 7.11 Å². The molecule has 5 heterocycles. The largest absolute Gasteiger partial charge is 0.480 e. The molecule has 0 spiro atoms. The first-order valence-corrected chi connectivity index (χ1v) is 14.1. The lowest BCUT2D eigenvalue weighted by atomic mass is 10.1. The quantitative estimate of drug-likeness (QED) is 0.185. The lowest BCUT2D eigenvalue weighted by Gasteiger charge is -2.12. The van der Waals surface area contributed by atoms with E-state index < -0.39 is 11.9 Å². The van der Waals surface area contributed by atoms with Crippen LogP contribution in [0.1, 0.15) is 55.6 Å². The van der Waals surface area contributed by atoms with Gasteiger partial charge in [0, 0.05) is 35.5 Å². The molecule has 7 rings (SSSR count). The Hall–Kier alpha value is -5.07. The van der Waals surface area contributed by atoms with E-state index in [1.807, 2.05) is 32.0 Å². The van der Waals surface area contributed by atoms with Gasteiger partial charge in [0.05, 0.1) is 37.3 Å². The highest BCUT2D eigenvalue weighted by Crippen LogP contribution is 2.45. The van der Waals surface area contributed by atoms with Crippen LogP contribution in [0.5, 0.6) is 5.88 Å². The predicted molar refractivity (Wildman–Crippen MR) is 155 cm³/mol. The molecule has 0 saturated heterocycles.